The Morgan fingerprint density at radius 3 is 2.71 bits per heavy atom. The summed E-state index contributed by atoms with van der Waals surface area (Å²) in [7, 11) is 0. The van der Waals surface area contributed by atoms with Gasteiger partial charge in [0.05, 0.1) is 6.61 Å². The van der Waals surface area contributed by atoms with Crippen molar-refractivity contribution in [2.75, 3.05) is 6.61 Å². The number of hydrogen-bond acceptors (Lipinski definition) is 2. The standard InChI is InChI=1S/C17H24F2O2/c1-11(2)7-8-17(4)10-20-15-9-13(21-16(18)19)5-6-14(15)12(17)3/h5-6,9,11-12,16H,7-8,10H2,1-4H3/t12-,17-/m0/s1. The molecule has 21 heavy (non-hydrogen) atoms. The second kappa shape index (κ2) is 6.20. The summed E-state index contributed by atoms with van der Waals surface area (Å²) in [6.07, 6.45) is 2.26. The SMILES string of the molecule is CC(C)CC[C@@]1(C)COc2cc(OC(F)F)ccc2[C@@H]1C. The van der Waals surface area contributed by atoms with Gasteiger partial charge in [-0.3, -0.25) is 0 Å². The van der Waals surface area contributed by atoms with Gasteiger partial charge in [-0.05, 0) is 29.9 Å². The molecular formula is C17H24F2O2. The van der Waals surface area contributed by atoms with Gasteiger partial charge in [0.25, 0.3) is 0 Å². The van der Waals surface area contributed by atoms with E-state index in [-0.39, 0.29) is 11.2 Å². The largest absolute Gasteiger partial charge is 0.493 e. The minimum atomic E-state index is -2.81. The second-order valence-corrected chi connectivity index (χ2v) is 6.68. The highest BCUT2D eigenvalue weighted by atomic mass is 19.3. The number of halogens is 2. The molecule has 0 N–H and O–H groups in total. The molecule has 0 aliphatic carbocycles. The lowest BCUT2D eigenvalue weighted by molar-refractivity contribution is -0.0501. The summed E-state index contributed by atoms with van der Waals surface area (Å²) >= 11 is 0. The van der Waals surface area contributed by atoms with Gasteiger partial charge in [-0.1, -0.05) is 40.2 Å². The van der Waals surface area contributed by atoms with Gasteiger partial charge >= 0.3 is 6.61 Å². The van der Waals surface area contributed by atoms with Crippen LogP contribution < -0.4 is 9.47 Å². The van der Waals surface area contributed by atoms with Crippen LogP contribution in [0.3, 0.4) is 0 Å². The molecule has 2 rings (SSSR count). The normalized spacial score (nSPS) is 24.9. The summed E-state index contributed by atoms with van der Waals surface area (Å²) in [6, 6.07) is 5.02. The van der Waals surface area contributed by atoms with Crippen molar-refractivity contribution < 1.29 is 18.3 Å². The summed E-state index contributed by atoms with van der Waals surface area (Å²) in [5, 5.41) is 0. The van der Waals surface area contributed by atoms with Gasteiger partial charge in [0.15, 0.2) is 0 Å². The van der Waals surface area contributed by atoms with Gasteiger partial charge < -0.3 is 9.47 Å². The lowest BCUT2D eigenvalue weighted by atomic mass is 9.70. The van der Waals surface area contributed by atoms with E-state index >= 15 is 0 Å². The van der Waals surface area contributed by atoms with Gasteiger partial charge in [0.2, 0.25) is 0 Å². The lowest BCUT2D eigenvalue weighted by Gasteiger charge is -2.41. The highest BCUT2D eigenvalue weighted by molar-refractivity contribution is 5.44. The molecule has 118 valence electrons. The van der Waals surface area contributed by atoms with Crippen molar-refractivity contribution in [2.24, 2.45) is 11.3 Å². The van der Waals surface area contributed by atoms with Gasteiger partial charge in [0, 0.05) is 11.5 Å². The molecule has 0 saturated carbocycles. The van der Waals surface area contributed by atoms with E-state index in [1.54, 1.807) is 12.1 Å². The first-order valence-electron chi connectivity index (χ1n) is 7.53. The van der Waals surface area contributed by atoms with Gasteiger partial charge in [-0.15, -0.1) is 0 Å². The van der Waals surface area contributed by atoms with E-state index in [2.05, 4.69) is 32.4 Å². The Bertz CT molecular complexity index is 488. The predicted octanol–water partition coefficient (Wildman–Crippen LogP) is 5.23. The smallest absolute Gasteiger partial charge is 0.387 e. The number of ether oxygens (including phenoxy) is 2. The fraction of sp³-hybridized carbons (Fsp3) is 0.647. The van der Waals surface area contributed by atoms with E-state index in [0.717, 1.165) is 18.4 Å². The maximum Gasteiger partial charge on any atom is 0.387 e. The molecule has 4 heteroatoms. The van der Waals surface area contributed by atoms with Crippen LogP contribution in [0.1, 0.15) is 52.0 Å². The maximum absolute atomic E-state index is 12.3. The Morgan fingerprint density at radius 1 is 1.38 bits per heavy atom. The highest BCUT2D eigenvalue weighted by Crippen LogP contribution is 2.48. The summed E-state index contributed by atoms with van der Waals surface area (Å²) in [6.45, 7) is 6.69. The van der Waals surface area contributed by atoms with Crippen LogP contribution in [0.4, 0.5) is 8.78 Å². The fourth-order valence-electron chi connectivity index (χ4n) is 2.82. The Hall–Kier alpha value is -1.32. The van der Waals surface area contributed by atoms with Crippen LogP contribution >= 0.6 is 0 Å². The van der Waals surface area contributed by atoms with Crippen LogP contribution in [0, 0.1) is 11.3 Å². The van der Waals surface area contributed by atoms with E-state index in [0.29, 0.717) is 24.2 Å². The number of alkyl halides is 2. The van der Waals surface area contributed by atoms with Crippen LogP contribution in [0.2, 0.25) is 0 Å². The predicted molar refractivity (Wildman–Crippen MR) is 79.2 cm³/mol. The molecule has 0 aromatic heterocycles. The number of fused-ring (bicyclic) bond motifs is 1. The molecule has 0 unspecified atom stereocenters. The van der Waals surface area contributed by atoms with Gasteiger partial charge in [0.1, 0.15) is 11.5 Å². The topological polar surface area (TPSA) is 18.5 Å². The molecule has 0 fully saturated rings. The third kappa shape index (κ3) is 3.66. The first-order valence-corrected chi connectivity index (χ1v) is 7.53. The average molecular weight is 298 g/mol. The zero-order valence-electron chi connectivity index (χ0n) is 13.2. The van der Waals surface area contributed by atoms with Crippen molar-refractivity contribution in [2.45, 2.75) is 53.1 Å². The van der Waals surface area contributed by atoms with Crippen LogP contribution in [0.15, 0.2) is 18.2 Å². The van der Waals surface area contributed by atoms with Crippen LogP contribution in [-0.4, -0.2) is 13.2 Å². The Kier molecular flexibility index (Phi) is 4.74. The maximum atomic E-state index is 12.3. The van der Waals surface area contributed by atoms with Crippen LogP contribution in [0.25, 0.3) is 0 Å². The van der Waals surface area contributed by atoms with Crippen LogP contribution in [0.5, 0.6) is 11.5 Å². The highest BCUT2D eigenvalue weighted by Gasteiger charge is 2.38. The molecule has 2 atom stereocenters. The molecular weight excluding hydrogens is 274 g/mol. The third-order valence-corrected chi connectivity index (χ3v) is 4.57. The summed E-state index contributed by atoms with van der Waals surface area (Å²) in [5.41, 5.74) is 1.16. The van der Waals surface area contributed by atoms with E-state index in [9.17, 15) is 8.78 Å². The molecule has 1 aliphatic heterocycles. The van der Waals surface area contributed by atoms with Crippen LogP contribution in [-0.2, 0) is 0 Å². The summed E-state index contributed by atoms with van der Waals surface area (Å²) in [5.74, 6) is 1.82. The Morgan fingerprint density at radius 2 is 2.10 bits per heavy atom. The van der Waals surface area contributed by atoms with Crippen molar-refractivity contribution in [1.82, 2.24) is 0 Å². The molecule has 1 aromatic rings. The lowest BCUT2D eigenvalue weighted by Crippen LogP contribution is -2.35. The fourth-order valence-corrected chi connectivity index (χ4v) is 2.82. The van der Waals surface area contributed by atoms with E-state index < -0.39 is 6.61 Å². The zero-order chi connectivity index (χ0) is 15.6. The molecule has 2 nitrogen and oxygen atoms in total. The first-order chi connectivity index (χ1) is 9.82. The molecule has 0 amide bonds. The quantitative estimate of drug-likeness (QED) is 0.741. The third-order valence-electron chi connectivity index (χ3n) is 4.57. The van der Waals surface area contributed by atoms with Gasteiger partial charge in [-0.2, -0.15) is 8.78 Å². The van der Waals surface area contributed by atoms with Crippen molar-refractivity contribution in [1.29, 1.82) is 0 Å². The van der Waals surface area contributed by atoms with Gasteiger partial charge in [-0.25, -0.2) is 0 Å². The van der Waals surface area contributed by atoms with Crippen molar-refractivity contribution in [3.63, 3.8) is 0 Å². The first kappa shape index (κ1) is 16.1. The summed E-state index contributed by atoms with van der Waals surface area (Å²) < 4.78 is 34.8. The number of benzene rings is 1. The molecule has 0 bridgehead atoms. The van der Waals surface area contributed by atoms with E-state index in [1.807, 2.05) is 6.07 Å². The zero-order valence-corrected chi connectivity index (χ0v) is 13.2. The Labute approximate surface area is 125 Å². The molecule has 0 radical (unpaired) electrons. The minimum Gasteiger partial charge on any atom is -0.493 e. The number of hydrogen-bond donors (Lipinski definition) is 0. The molecule has 1 heterocycles. The summed E-state index contributed by atoms with van der Waals surface area (Å²) in [4.78, 5) is 0. The Balaban J connectivity index is 2.18. The van der Waals surface area contributed by atoms with E-state index in [1.165, 1.54) is 0 Å². The monoisotopic (exact) mass is 298 g/mol. The van der Waals surface area contributed by atoms with E-state index in [4.69, 9.17) is 4.74 Å². The van der Waals surface area contributed by atoms with Crippen molar-refractivity contribution in [3.05, 3.63) is 23.8 Å². The minimum absolute atomic E-state index is 0.0857. The molecule has 0 saturated heterocycles. The number of rotatable bonds is 5. The van der Waals surface area contributed by atoms with Crippen molar-refractivity contribution in [3.8, 4) is 11.5 Å². The van der Waals surface area contributed by atoms with Crippen molar-refractivity contribution >= 4 is 0 Å². The average Bonchev–Trinajstić information content (AvgIpc) is 2.41. The molecule has 1 aromatic carbocycles. The molecule has 1 aliphatic rings. The molecule has 0 spiro atoms. The second-order valence-electron chi connectivity index (χ2n) is 6.68.